The number of hydrogen-bond donors (Lipinski definition) is 3. The number of aliphatic imine (C=N–C) groups is 1. The second-order valence-corrected chi connectivity index (χ2v) is 16.5. The van der Waals surface area contributed by atoms with Crippen LogP contribution in [0.25, 0.3) is 5.00 Å². The molecule has 5 aromatic rings. The topological polar surface area (TPSA) is 225 Å². The molecule has 3 aliphatic heterocycles. The highest BCUT2D eigenvalue weighted by molar-refractivity contribution is 7.15. The van der Waals surface area contributed by atoms with E-state index in [1.54, 1.807) is 22.2 Å². The van der Waals surface area contributed by atoms with Crippen molar-refractivity contribution in [2.45, 2.75) is 78.0 Å². The van der Waals surface area contributed by atoms with Gasteiger partial charge in [-0.25, -0.2) is 0 Å². The first-order valence-electron chi connectivity index (χ1n) is 19.6. The molecule has 8 rings (SSSR count). The molecule has 0 bridgehead atoms. The summed E-state index contributed by atoms with van der Waals surface area (Å²) in [6, 6.07) is 10.2. The Kier molecular flexibility index (Phi) is 11.6. The zero-order chi connectivity index (χ0) is 42.9. The van der Waals surface area contributed by atoms with Gasteiger partial charge in [0.2, 0.25) is 17.7 Å². The number of benzene rings is 2. The number of piperidine rings is 1. The third-order valence-electron chi connectivity index (χ3n) is 10.7. The third-order valence-corrected chi connectivity index (χ3v) is 12.2. The highest BCUT2D eigenvalue weighted by Gasteiger charge is 2.46. The highest BCUT2D eigenvalue weighted by Crippen LogP contribution is 2.40. The summed E-state index contributed by atoms with van der Waals surface area (Å²) >= 11 is 7.87. The maximum atomic E-state index is 13.4. The average molecular weight is 866 g/mol. The molecule has 3 aliphatic rings. The molecule has 1 saturated heterocycles. The smallest absolute Gasteiger partial charge is 0.266 e. The van der Waals surface area contributed by atoms with Gasteiger partial charge in [-0.1, -0.05) is 35.0 Å². The summed E-state index contributed by atoms with van der Waals surface area (Å²) in [4.78, 5) is 83.5. The lowest BCUT2D eigenvalue weighted by molar-refractivity contribution is -0.136. The molecule has 2 atom stereocenters. The molecule has 3 N–H and O–H groups in total. The number of hydrogen-bond acceptors (Lipinski definition) is 13. The minimum Gasteiger partial charge on any atom is -0.483 e. The summed E-state index contributed by atoms with van der Waals surface area (Å²) < 4.78 is 9.32. The second kappa shape index (κ2) is 17.2. The molecule has 2 aromatic carbocycles. The molecule has 61 heavy (non-hydrogen) atoms. The van der Waals surface area contributed by atoms with Gasteiger partial charge < -0.3 is 15.4 Å². The lowest BCUT2D eigenvalue weighted by Gasteiger charge is -2.27. The van der Waals surface area contributed by atoms with Crippen molar-refractivity contribution in [2.75, 3.05) is 13.2 Å². The van der Waals surface area contributed by atoms with Gasteiger partial charge in [0.25, 0.3) is 17.7 Å². The van der Waals surface area contributed by atoms with Gasteiger partial charge in [0, 0.05) is 40.5 Å². The minimum atomic E-state index is -1.11. The highest BCUT2D eigenvalue weighted by atomic mass is 35.5. The predicted octanol–water partition coefficient (Wildman–Crippen LogP) is 3.47. The molecule has 0 radical (unpaired) electrons. The van der Waals surface area contributed by atoms with E-state index in [0.717, 1.165) is 37.2 Å². The Bertz CT molecular complexity index is 2630. The normalized spacial score (nSPS) is 17.0. The maximum absolute atomic E-state index is 13.4. The number of carbonyl (C=O) groups excluding carboxylic acids is 6. The van der Waals surface area contributed by atoms with Gasteiger partial charge >= 0.3 is 0 Å². The van der Waals surface area contributed by atoms with Crippen LogP contribution in [0, 0.1) is 20.8 Å². The summed E-state index contributed by atoms with van der Waals surface area (Å²) in [5, 5.41) is 26.7. The number of fused-ring (bicyclic) bond motifs is 4. The average Bonchev–Trinajstić information content (AvgIpc) is 3.97. The van der Waals surface area contributed by atoms with E-state index in [4.69, 9.17) is 21.3 Å². The van der Waals surface area contributed by atoms with Gasteiger partial charge in [-0.05, 0) is 69.9 Å². The van der Waals surface area contributed by atoms with Crippen LogP contribution in [-0.2, 0) is 32.3 Å². The summed E-state index contributed by atoms with van der Waals surface area (Å²) in [5.74, 6) is -1.90. The lowest BCUT2D eigenvalue weighted by atomic mass is 9.99. The van der Waals surface area contributed by atoms with E-state index in [-0.39, 0.29) is 48.6 Å². The van der Waals surface area contributed by atoms with E-state index in [1.165, 1.54) is 18.2 Å². The lowest BCUT2D eigenvalue weighted by Crippen LogP contribution is -2.54. The van der Waals surface area contributed by atoms with Gasteiger partial charge in [-0.3, -0.25) is 53.2 Å². The molecule has 6 amide bonds. The van der Waals surface area contributed by atoms with Crippen LogP contribution in [0.3, 0.4) is 0 Å². The molecule has 6 heterocycles. The van der Waals surface area contributed by atoms with Gasteiger partial charge in [0.15, 0.2) is 12.4 Å². The Morgan fingerprint density at radius 2 is 1.75 bits per heavy atom. The number of aryl methyl sites for hydroxylation is 3. The fraction of sp³-hybridized carbons (Fsp3) is 0.341. The Hall–Kier alpha value is -6.60. The van der Waals surface area contributed by atoms with Gasteiger partial charge in [0.1, 0.15) is 34.4 Å². The van der Waals surface area contributed by atoms with Crippen LogP contribution in [-0.4, -0.2) is 95.0 Å². The van der Waals surface area contributed by atoms with Crippen LogP contribution in [0.15, 0.2) is 53.7 Å². The number of carbonyl (C=O) groups is 6. The fourth-order valence-electron chi connectivity index (χ4n) is 7.52. The quantitative estimate of drug-likeness (QED) is 0.108. The van der Waals surface area contributed by atoms with Crippen molar-refractivity contribution < 1.29 is 33.5 Å². The summed E-state index contributed by atoms with van der Waals surface area (Å²) in [5.41, 5.74) is 4.34. The minimum absolute atomic E-state index is 0.00288. The van der Waals surface area contributed by atoms with Crippen molar-refractivity contribution in [3.8, 4) is 10.8 Å². The Morgan fingerprint density at radius 1 is 0.951 bits per heavy atom. The SMILES string of the molecule is Cc1sc2c(c1C)C(c1ccc(Cl)cc1)=NC(CC(=O)NCc1cn(CCCCNC(=O)COc3cccc4c3C(=O)N(C3CCC(=O)NC3=O)C4=O)nn1)c1nnc(C)n1-2. The van der Waals surface area contributed by atoms with Crippen LogP contribution in [0.5, 0.6) is 5.75 Å². The Labute approximate surface area is 357 Å². The molecule has 0 spiro atoms. The van der Waals surface area contributed by atoms with E-state index < -0.39 is 48.2 Å². The number of aromatic nitrogens is 6. The molecule has 0 aliphatic carbocycles. The largest absolute Gasteiger partial charge is 0.483 e. The van der Waals surface area contributed by atoms with Crippen molar-refractivity contribution in [1.29, 1.82) is 0 Å². The number of halogens is 1. The number of unbranched alkanes of at least 4 members (excludes halogenated alkanes) is 1. The van der Waals surface area contributed by atoms with Crippen LogP contribution in [0.1, 0.15) is 97.8 Å². The van der Waals surface area contributed by atoms with E-state index in [2.05, 4.69) is 50.3 Å². The number of thiophene rings is 1. The molecule has 3 aromatic heterocycles. The molecular weight excluding hydrogens is 826 g/mol. The van der Waals surface area contributed by atoms with Crippen molar-refractivity contribution >= 4 is 64.1 Å². The number of nitrogens with zero attached hydrogens (tertiary/aromatic N) is 8. The van der Waals surface area contributed by atoms with Crippen LogP contribution in [0.4, 0.5) is 0 Å². The van der Waals surface area contributed by atoms with Gasteiger partial charge in [-0.15, -0.1) is 26.6 Å². The van der Waals surface area contributed by atoms with Crippen LogP contribution < -0.4 is 20.7 Å². The standard InChI is InChI=1S/C41H40ClN11O7S/c1-21-22(2)61-41-34(21)36(24-9-11-25(42)12-10-24)45-28(37-49-47-23(3)52(37)41)17-32(55)44-18-26-19-51(50-48-26)16-5-4-15-43-33(56)20-60-30-8-6-7-27-35(30)40(59)53(39(27)58)29-13-14-31(54)46-38(29)57/h6-12,19,28-29H,4-5,13-18,20H2,1-3H3,(H,43,56)(H,44,55)(H,46,54,57). The van der Waals surface area contributed by atoms with Gasteiger partial charge in [0.05, 0.1) is 36.0 Å². The molecule has 20 heteroatoms. The maximum Gasteiger partial charge on any atom is 0.266 e. The van der Waals surface area contributed by atoms with Gasteiger partial charge in [-0.2, -0.15) is 0 Å². The monoisotopic (exact) mass is 865 g/mol. The van der Waals surface area contributed by atoms with Crippen molar-refractivity contribution in [3.63, 3.8) is 0 Å². The third kappa shape index (κ3) is 8.30. The first-order valence-corrected chi connectivity index (χ1v) is 20.8. The second-order valence-electron chi connectivity index (χ2n) is 14.8. The number of ether oxygens (including phenoxy) is 1. The summed E-state index contributed by atoms with van der Waals surface area (Å²) in [6.45, 7) is 6.66. The van der Waals surface area contributed by atoms with Crippen LogP contribution in [0.2, 0.25) is 5.02 Å². The molecule has 2 unspecified atom stereocenters. The van der Waals surface area contributed by atoms with E-state index in [0.29, 0.717) is 48.3 Å². The zero-order valence-electron chi connectivity index (χ0n) is 33.4. The Balaban J connectivity index is 0.803. The van der Waals surface area contributed by atoms with E-state index >= 15 is 0 Å². The molecule has 0 saturated carbocycles. The van der Waals surface area contributed by atoms with E-state index in [1.807, 2.05) is 35.8 Å². The summed E-state index contributed by atoms with van der Waals surface area (Å²) in [7, 11) is 0. The number of rotatable bonds is 14. The fourth-order valence-corrected chi connectivity index (χ4v) is 8.86. The molecular formula is C41H40ClN11O7S. The first kappa shape index (κ1) is 41.1. The van der Waals surface area contributed by atoms with Crippen LogP contribution >= 0.6 is 22.9 Å². The number of nitrogens with one attached hydrogen (secondary N) is 3. The predicted molar refractivity (Wildman–Crippen MR) is 221 cm³/mol. The van der Waals surface area contributed by atoms with Crippen molar-refractivity contribution in [3.05, 3.63) is 104 Å². The van der Waals surface area contributed by atoms with E-state index in [9.17, 15) is 28.8 Å². The molecule has 18 nitrogen and oxygen atoms in total. The zero-order valence-corrected chi connectivity index (χ0v) is 34.9. The van der Waals surface area contributed by atoms with Crippen molar-refractivity contribution in [2.24, 2.45) is 4.99 Å². The molecule has 314 valence electrons. The number of amides is 6. The first-order chi connectivity index (χ1) is 29.4. The van der Waals surface area contributed by atoms with Crippen molar-refractivity contribution in [1.82, 2.24) is 50.6 Å². The Morgan fingerprint density at radius 3 is 2.54 bits per heavy atom. The molecule has 1 fully saturated rings. The summed E-state index contributed by atoms with van der Waals surface area (Å²) in [6.07, 6.45) is 3.09. The number of imide groups is 2.